The van der Waals surface area contributed by atoms with Crippen molar-refractivity contribution in [3.8, 4) is 11.8 Å². The van der Waals surface area contributed by atoms with Gasteiger partial charge in [0.15, 0.2) is 11.2 Å². The number of nitrogens with zero attached hydrogens (tertiary/aromatic N) is 4. The molecule has 0 saturated carbocycles. The predicted octanol–water partition coefficient (Wildman–Crippen LogP) is 5.17. The maximum absolute atomic E-state index is 13.2. The molecule has 0 radical (unpaired) electrons. The second-order valence-electron chi connectivity index (χ2n) is 8.50. The first kappa shape index (κ1) is 23.9. The number of ether oxygens (including phenoxy) is 1. The van der Waals surface area contributed by atoms with Gasteiger partial charge in [0.1, 0.15) is 5.75 Å². The largest absolute Gasteiger partial charge is 0.425 e. The Morgan fingerprint density at radius 3 is 2.25 bits per heavy atom. The summed E-state index contributed by atoms with van der Waals surface area (Å²) in [4.78, 5) is 30.3. The first-order valence-electron chi connectivity index (χ1n) is 11.2. The molecule has 5 aromatic rings. The monoisotopic (exact) mass is 520 g/mol. The van der Waals surface area contributed by atoms with Gasteiger partial charge in [0.25, 0.3) is 5.56 Å². The van der Waals surface area contributed by atoms with Gasteiger partial charge in [0.2, 0.25) is 0 Å². The van der Waals surface area contributed by atoms with E-state index in [0.717, 1.165) is 21.3 Å². The van der Waals surface area contributed by atoms with Gasteiger partial charge < -0.3 is 4.74 Å². The van der Waals surface area contributed by atoms with Crippen molar-refractivity contribution in [1.82, 2.24) is 18.7 Å². The van der Waals surface area contributed by atoms with Crippen LogP contribution in [0.3, 0.4) is 0 Å². The highest BCUT2D eigenvalue weighted by Crippen LogP contribution is 2.31. The highest BCUT2D eigenvalue weighted by Gasteiger charge is 2.22. The number of hydrogen-bond acceptors (Lipinski definition) is 4. The number of fused-ring (bicyclic) bond motifs is 1. The van der Waals surface area contributed by atoms with Gasteiger partial charge in [-0.1, -0.05) is 65.7 Å². The summed E-state index contributed by atoms with van der Waals surface area (Å²) in [5.74, 6) is 0.553. The molecule has 0 amide bonds. The van der Waals surface area contributed by atoms with Crippen LogP contribution < -0.4 is 16.0 Å². The summed E-state index contributed by atoms with van der Waals surface area (Å²) in [6, 6.07) is 22.8. The summed E-state index contributed by atoms with van der Waals surface area (Å²) in [6.07, 6.45) is 0.592. The van der Waals surface area contributed by atoms with E-state index in [9.17, 15) is 9.59 Å². The topological polar surface area (TPSA) is 71.1 Å². The van der Waals surface area contributed by atoms with Crippen LogP contribution in [0.1, 0.15) is 16.7 Å². The lowest BCUT2D eigenvalue weighted by Crippen LogP contribution is -2.37. The van der Waals surface area contributed by atoms with Gasteiger partial charge in [-0.05, 0) is 41.5 Å². The fourth-order valence-electron chi connectivity index (χ4n) is 4.12. The third-order valence-electron chi connectivity index (χ3n) is 6.03. The molecule has 0 fully saturated rings. The van der Waals surface area contributed by atoms with Gasteiger partial charge in [-0.25, -0.2) is 4.79 Å². The zero-order chi connectivity index (χ0) is 25.4. The lowest BCUT2D eigenvalue weighted by Gasteiger charge is -2.13. The van der Waals surface area contributed by atoms with E-state index in [4.69, 9.17) is 27.9 Å². The van der Waals surface area contributed by atoms with E-state index >= 15 is 0 Å². The van der Waals surface area contributed by atoms with Crippen LogP contribution in [-0.2, 0) is 27.1 Å². The standard InChI is InChI=1S/C27H22Cl2N4O3/c1-31-24-23(25(34)32(2)27(31)35)33(16-18-8-10-20(28)11-9-18)26(30-24)36-22-13-12-21(29)15-19(22)14-17-6-4-3-5-7-17/h3-13,15H,14,16H2,1-2H3. The molecule has 0 unspecified atom stereocenters. The third kappa shape index (κ3) is 4.55. The number of aromatic nitrogens is 4. The van der Waals surface area contributed by atoms with E-state index in [0.29, 0.717) is 22.2 Å². The summed E-state index contributed by atoms with van der Waals surface area (Å²) >= 11 is 12.4. The second kappa shape index (κ2) is 9.68. The zero-order valence-corrected chi connectivity index (χ0v) is 21.1. The molecule has 9 heteroatoms. The Morgan fingerprint density at radius 1 is 0.833 bits per heavy atom. The van der Waals surface area contributed by atoms with Crippen LogP contribution in [-0.4, -0.2) is 18.7 Å². The Hall–Kier alpha value is -3.81. The molecule has 2 heterocycles. The van der Waals surface area contributed by atoms with E-state index < -0.39 is 11.2 Å². The molecule has 0 saturated heterocycles. The van der Waals surface area contributed by atoms with Crippen LogP contribution in [0.4, 0.5) is 0 Å². The molecule has 182 valence electrons. The Morgan fingerprint density at radius 2 is 1.53 bits per heavy atom. The Labute approximate surface area is 216 Å². The van der Waals surface area contributed by atoms with E-state index in [1.54, 1.807) is 35.9 Å². The van der Waals surface area contributed by atoms with Crippen LogP contribution in [0.15, 0.2) is 82.4 Å². The molecule has 0 aliphatic heterocycles. The van der Waals surface area contributed by atoms with E-state index in [1.807, 2.05) is 48.5 Å². The van der Waals surface area contributed by atoms with E-state index in [-0.39, 0.29) is 23.7 Å². The van der Waals surface area contributed by atoms with Gasteiger partial charge in [0, 0.05) is 36.1 Å². The quantitative estimate of drug-likeness (QED) is 0.309. The molecule has 5 rings (SSSR count). The third-order valence-corrected chi connectivity index (χ3v) is 6.52. The molecule has 0 aliphatic rings. The van der Waals surface area contributed by atoms with Crippen molar-refractivity contribution in [2.75, 3.05) is 0 Å². The molecule has 0 atom stereocenters. The number of hydrogen-bond donors (Lipinski definition) is 0. The van der Waals surface area contributed by atoms with Gasteiger partial charge in [-0.15, -0.1) is 0 Å². The van der Waals surface area contributed by atoms with Crippen molar-refractivity contribution in [2.45, 2.75) is 13.0 Å². The Balaban J connectivity index is 1.66. The minimum Gasteiger partial charge on any atom is -0.425 e. The van der Waals surface area contributed by atoms with Gasteiger partial charge in [0.05, 0.1) is 6.54 Å². The summed E-state index contributed by atoms with van der Waals surface area (Å²) in [5, 5.41) is 1.19. The van der Waals surface area contributed by atoms with Crippen molar-refractivity contribution in [3.63, 3.8) is 0 Å². The maximum Gasteiger partial charge on any atom is 0.332 e. The SMILES string of the molecule is Cn1c(=O)c2c(nc(Oc3ccc(Cl)cc3Cc3ccccc3)n2Cc2ccc(Cl)cc2)n(C)c1=O. The molecular weight excluding hydrogens is 499 g/mol. The van der Waals surface area contributed by atoms with Crippen LogP contribution >= 0.6 is 23.2 Å². The van der Waals surface area contributed by atoms with Gasteiger partial charge in [-0.2, -0.15) is 4.98 Å². The first-order valence-corrected chi connectivity index (χ1v) is 12.0. The van der Waals surface area contributed by atoms with Crippen molar-refractivity contribution in [3.05, 3.63) is 120 Å². The Bertz CT molecular complexity index is 1690. The molecule has 0 N–H and O–H groups in total. The van der Waals surface area contributed by atoms with Crippen molar-refractivity contribution in [2.24, 2.45) is 14.1 Å². The number of benzene rings is 3. The highest BCUT2D eigenvalue weighted by atomic mass is 35.5. The van der Waals surface area contributed by atoms with Crippen LogP contribution in [0.5, 0.6) is 11.8 Å². The van der Waals surface area contributed by atoms with Gasteiger partial charge in [-0.3, -0.25) is 18.5 Å². The molecular formula is C27H22Cl2N4O3. The maximum atomic E-state index is 13.2. The summed E-state index contributed by atoms with van der Waals surface area (Å²) in [7, 11) is 3.03. The number of imidazole rings is 1. The van der Waals surface area contributed by atoms with Crippen molar-refractivity contribution >= 4 is 34.4 Å². The molecule has 0 aliphatic carbocycles. The molecule has 0 bridgehead atoms. The minimum atomic E-state index is -0.466. The molecule has 2 aromatic heterocycles. The smallest absolute Gasteiger partial charge is 0.332 e. The fourth-order valence-corrected chi connectivity index (χ4v) is 4.44. The van der Waals surface area contributed by atoms with Crippen LogP contribution in [0.25, 0.3) is 11.2 Å². The van der Waals surface area contributed by atoms with Gasteiger partial charge >= 0.3 is 11.7 Å². The second-order valence-corrected chi connectivity index (χ2v) is 9.37. The zero-order valence-electron chi connectivity index (χ0n) is 19.6. The van der Waals surface area contributed by atoms with E-state index in [2.05, 4.69) is 4.98 Å². The number of halogens is 2. The minimum absolute atomic E-state index is 0.190. The summed E-state index contributed by atoms with van der Waals surface area (Å²) < 4.78 is 10.4. The Kier molecular flexibility index (Phi) is 6.43. The molecule has 7 nitrogen and oxygen atoms in total. The molecule has 3 aromatic carbocycles. The summed E-state index contributed by atoms with van der Waals surface area (Å²) in [6.45, 7) is 0.290. The average molecular weight is 521 g/mol. The first-order chi connectivity index (χ1) is 17.3. The lowest BCUT2D eigenvalue weighted by atomic mass is 10.0. The highest BCUT2D eigenvalue weighted by molar-refractivity contribution is 6.30. The van der Waals surface area contributed by atoms with Crippen molar-refractivity contribution in [1.29, 1.82) is 0 Å². The van der Waals surface area contributed by atoms with Crippen molar-refractivity contribution < 1.29 is 4.74 Å². The average Bonchev–Trinajstić information content (AvgIpc) is 3.23. The van der Waals surface area contributed by atoms with Crippen LogP contribution in [0, 0.1) is 0 Å². The lowest BCUT2D eigenvalue weighted by molar-refractivity contribution is 0.417. The number of rotatable bonds is 6. The predicted molar refractivity (Wildman–Crippen MR) is 142 cm³/mol. The van der Waals surface area contributed by atoms with E-state index in [1.165, 1.54) is 11.6 Å². The van der Waals surface area contributed by atoms with Crippen LogP contribution in [0.2, 0.25) is 10.0 Å². The molecule has 0 spiro atoms. The molecule has 36 heavy (non-hydrogen) atoms. The normalized spacial score (nSPS) is 11.2. The summed E-state index contributed by atoms with van der Waals surface area (Å²) in [5.41, 5.74) is 2.43. The number of aryl methyl sites for hydroxylation is 1. The fraction of sp³-hybridized carbons (Fsp3) is 0.148.